The molecule has 6 aromatic carbocycles. The minimum Gasteiger partial charge on any atom is -0.310 e. The van der Waals surface area contributed by atoms with Crippen LogP contribution >= 0.6 is 22.9 Å². The number of nitrogens with zero attached hydrogens (tertiary/aromatic N) is 2. The molecule has 7 aromatic rings. The summed E-state index contributed by atoms with van der Waals surface area (Å²) < 4.78 is 16.2. The maximum absolute atomic E-state index is 14.0. The molecular formula is C36H24ClFN2S. The lowest BCUT2D eigenvalue weighted by Crippen LogP contribution is -2.10. The highest BCUT2D eigenvalue weighted by atomic mass is 35.5. The summed E-state index contributed by atoms with van der Waals surface area (Å²) >= 11 is 8.47. The summed E-state index contributed by atoms with van der Waals surface area (Å²) in [5, 5.41) is 2.89. The van der Waals surface area contributed by atoms with Gasteiger partial charge in [-0.05, 0) is 91.0 Å². The van der Waals surface area contributed by atoms with E-state index >= 15 is 0 Å². The average molecular weight is 571 g/mol. The first kappa shape index (κ1) is 25.3. The molecule has 0 atom stereocenters. The first-order chi connectivity index (χ1) is 20.2. The van der Waals surface area contributed by atoms with Crippen molar-refractivity contribution in [1.82, 2.24) is 0 Å². The van der Waals surface area contributed by atoms with Crippen LogP contribution in [0.15, 0.2) is 146 Å². The number of hydrogen-bond acceptors (Lipinski definition) is 3. The molecule has 0 N–H and O–H groups in total. The van der Waals surface area contributed by atoms with E-state index in [-0.39, 0.29) is 5.82 Å². The van der Waals surface area contributed by atoms with E-state index in [9.17, 15) is 4.39 Å². The van der Waals surface area contributed by atoms with Crippen LogP contribution in [0.2, 0.25) is 5.02 Å². The maximum atomic E-state index is 14.0. The average Bonchev–Trinajstić information content (AvgIpc) is 3.38. The molecule has 198 valence electrons. The molecule has 1 heterocycles. The number of benzene rings is 6. The SMILES string of the molecule is Fc1ccc(N(c2ccccc2)c2cc(Cl)cc3sc4ccc(N(c5ccccc5)c5ccccc5)cc4c23)cc1. The molecule has 0 saturated heterocycles. The summed E-state index contributed by atoms with van der Waals surface area (Å²) in [6, 6.07) is 48.2. The highest BCUT2D eigenvalue weighted by Gasteiger charge is 2.21. The predicted molar refractivity (Wildman–Crippen MR) is 174 cm³/mol. The van der Waals surface area contributed by atoms with Crippen molar-refractivity contribution in [3.8, 4) is 0 Å². The molecule has 0 fully saturated rings. The molecule has 0 radical (unpaired) electrons. The van der Waals surface area contributed by atoms with E-state index in [1.165, 1.54) is 16.8 Å². The van der Waals surface area contributed by atoms with Gasteiger partial charge in [-0.25, -0.2) is 4.39 Å². The summed E-state index contributed by atoms with van der Waals surface area (Å²) in [4.78, 5) is 4.42. The second-order valence-electron chi connectivity index (χ2n) is 9.73. The summed E-state index contributed by atoms with van der Waals surface area (Å²) in [5.74, 6) is -0.273. The van der Waals surface area contributed by atoms with Crippen LogP contribution in [0.5, 0.6) is 0 Å². The second kappa shape index (κ2) is 10.7. The fraction of sp³-hybridized carbons (Fsp3) is 0. The molecule has 7 rings (SSSR count). The van der Waals surface area contributed by atoms with E-state index in [1.54, 1.807) is 11.3 Å². The van der Waals surface area contributed by atoms with Crippen LogP contribution < -0.4 is 9.80 Å². The minimum absolute atomic E-state index is 0.273. The Hall–Kier alpha value is -4.64. The highest BCUT2D eigenvalue weighted by Crippen LogP contribution is 2.48. The topological polar surface area (TPSA) is 6.48 Å². The van der Waals surface area contributed by atoms with Gasteiger partial charge in [-0.15, -0.1) is 11.3 Å². The number of halogens is 2. The van der Waals surface area contributed by atoms with Gasteiger partial charge in [0, 0.05) is 53.6 Å². The number of thiophene rings is 1. The molecule has 5 heteroatoms. The van der Waals surface area contributed by atoms with Crippen molar-refractivity contribution in [3.63, 3.8) is 0 Å². The Labute approximate surface area is 247 Å². The van der Waals surface area contributed by atoms with E-state index in [1.807, 2.05) is 54.6 Å². The standard InChI is InChI=1S/C36H24ClFN2S/c37-25-22-33(40(29-14-8-3-9-15-29)30-18-16-26(38)17-19-30)36-32-24-31(20-21-34(32)41-35(36)23-25)39(27-10-4-1-5-11-27)28-12-6-2-7-13-28/h1-24H. The Bertz CT molecular complexity index is 1920. The highest BCUT2D eigenvalue weighted by molar-refractivity contribution is 7.26. The van der Waals surface area contributed by atoms with Gasteiger partial charge < -0.3 is 9.80 Å². The van der Waals surface area contributed by atoms with Crippen molar-refractivity contribution in [2.45, 2.75) is 0 Å². The van der Waals surface area contributed by atoms with Crippen molar-refractivity contribution in [1.29, 1.82) is 0 Å². The molecule has 0 amide bonds. The van der Waals surface area contributed by atoms with E-state index in [0.717, 1.165) is 49.6 Å². The van der Waals surface area contributed by atoms with Crippen molar-refractivity contribution in [2.24, 2.45) is 0 Å². The number of anilines is 6. The summed E-state index contributed by atoms with van der Waals surface area (Å²) in [6.07, 6.45) is 0. The molecule has 1 aromatic heterocycles. The Balaban J connectivity index is 1.49. The zero-order valence-electron chi connectivity index (χ0n) is 21.9. The molecule has 0 spiro atoms. The second-order valence-corrected chi connectivity index (χ2v) is 11.3. The normalized spacial score (nSPS) is 11.2. The fourth-order valence-corrected chi connectivity index (χ4v) is 6.77. The maximum Gasteiger partial charge on any atom is 0.123 e. The number of rotatable bonds is 6. The van der Waals surface area contributed by atoms with Crippen molar-refractivity contribution in [2.75, 3.05) is 9.80 Å². The van der Waals surface area contributed by atoms with Crippen molar-refractivity contribution in [3.05, 3.63) is 156 Å². The lowest BCUT2D eigenvalue weighted by molar-refractivity contribution is 0.628. The predicted octanol–water partition coefficient (Wildman–Crippen LogP) is 11.8. The van der Waals surface area contributed by atoms with Crippen LogP contribution in [0, 0.1) is 5.82 Å². The summed E-state index contributed by atoms with van der Waals surface area (Å²) in [5.41, 5.74) is 5.99. The first-order valence-corrected chi connectivity index (χ1v) is 14.5. The Morgan fingerprint density at radius 3 is 1.59 bits per heavy atom. The summed E-state index contributed by atoms with van der Waals surface area (Å²) in [6.45, 7) is 0. The Morgan fingerprint density at radius 1 is 0.488 bits per heavy atom. The third-order valence-corrected chi connectivity index (χ3v) is 8.46. The van der Waals surface area contributed by atoms with Gasteiger partial charge in [0.05, 0.1) is 5.69 Å². The molecular weight excluding hydrogens is 547 g/mol. The largest absolute Gasteiger partial charge is 0.310 e. The number of fused-ring (bicyclic) bond motifs is 3. The molecule has 0 saturated carbocycles. The third-order valence-electron chi connectivity index (χ3n) is 7.13. The van der Waals surface area contributed by atoms with Gasteiger partial charge in [-0.1, -0.05) is 66.2 Å². The molecule has 0 aliphatic rings. The van der Waals surface area contributed by atoms with Gasteiger partial charge in [0.15, 0.2) is 0 Å². The van der Waals surface area contributed by atoms with Gasteiger partial charge in [-0.3, -0.25) is 0 Å². The van der Waals surface area contributed by atoms with E-state index in [4.69, 9.17) is 11.6 Å². The fourth-order valence-electron chi connectivity index (χ4n) is 5.35. The van der Waals surface area contributed by atoms with Crippen LogP contribution in [0.25, 0.3) is 20.2 Å². The van der Waals surface area contributed by atoms with Crippen LogP contribution in [-0.2, 0) is 0 Å². The van der Waals surface area contributed by atoms with Crippen LogP contribution in [0.1, 0.15) is 0 Å². The van der Waals surface area contributed by atoms with E-state index < -0.39 is 0 Å². The third kappa shape index (κ3) is 4.82. The molecule has 41 heavy (non-hydrogen) atoms. The zero-order chi connectivity index (χ0) is 27.8. The Morgan fingerprint density at radius 2 is 1.00 bits per heavy atom. The van der Waals surface area contributed by atoms with Crippen LogP contribution in [-0.4, -0.2) is 0 Å². The molecule has 0 unspecified atom stereocenters. The first-order valence-electron chi connectivity index (χ1n) is 13.3. The van der Waals surface area contributed by atoms with E-state index in [2.05, 4.69) is 88.7 Å². The Kier molecular flexibility index (Phi) is 6.63. The zero-order valence-corrected chi connectivity index (χ0v) is 23.5. The number of para-hydroxylation sites is 3. The van der Waals surface area contributed by atoms with Gasteiger partial charge in [0.1, 0.15) is 5.82 Å². The lowest BCUT2D eigenvalue weighted by atomic mass is 10.1. The lowest BCUT2D eigenvalue weighted by Gasteiger charge is -2.27. The molecule has 0 aliphatic heterocycles. The monoisotopic (exact) mass is 570 g/mol. The van der Waals surface area contributed by atoms with E-state index in [0.29, 0.717) is 5.02 Å². The molecule has 0 aliphatic carbocycles. The molecule has 0 bridgehead atoms. The summed E-state index contributed by atoms with van der Waals surface area (Å²) in [7, 11) is 0. The smallest absolute Gasteiger partial charge is 0.123 e. The number of hydrogen-bond donors (Lipinski definition) is 0. The molecule has 2 nitrogen and oxygen atoms in total. The van der Waals surface area contributed by atoms with Gasteiger partial charge in [0.25, 0.3) is 0 Å². The van der Waals surface area contributed by atoms with Crippen LogP contribution in [0.3, 0.4) is 0 Å². The van der Waals surface area contributed by atoms with Crippen molar-refractivity contribution < 1.29 is 4.39 Å². The van der Waals surface area contributed by atoms with Gasteiger partial charge in [-0.2, -0.15) is 0 Å². The van der Waals surface area contributed by atoms with Gasteiger partial charge >= 0.3 is 0 Å². The minimum atomic E-state index is -0.273. The van der Waals surface area contributed by atoms with Crippen LogP contribution in [0.4, 0.5) is 38.5 Å². The quantitative estimate of drug-likeness (QED) is 0.196. The van der Waals surface area contributed by atoms with Gasteiger partial charge in [0.2, 0.25) is 0 Å². The van der Waals surface area contributed by atoms with Crippen molar-refractivity contribution >= 4 is 77.2 Å².